The van der Waals surface area contributed by atoms with Crippen LogP contribution in [0.5, 0.6) is 0 Å². The first kappa shape index (κ1) is 14.3. The molecule has 19 heavy (non-hydrogen) atoms. The average Bonchev–Trinajstić information content (AvgIpc) is 2.80. The van der Waals surface area contributed by atoms with Crippen molar-refractivity contribution in [3.63, 3.8) is 0 Å². The van der Waals surface area contributed by atoms with E-state index < -0.39 is 5.97 Å². The minimum absolute atomic E-state index is 0.633. The highest BCUT2D eigenvalue weighted by molar-refractivity contribution is 7.12. The number of carboxylic acid groups (broad SMARTS) is 1. The van der Waals surface area contributed by atoms with Gasteiger partial charge in [0.2, 0.25) is 0 Å². The Bertz CT molecular complexity index is 466. The fraction of sp³-hybridized carbons (Fsp3) is 0.533. The SMILES string of the molecule is CC1CCCN(Cc2ccc(C=CC(=O)O)s2)C1C. The summed E-state index contributed by atoms with van der Waals surface area (Å²) in [5.41, 5.74) is 0. The van der Waals surface area contributed by atoms with Gasteiger partial charge >= 0.3 is 5.97 Å². The predicted octanol–water partition coefficient (Wildman–Crippen LogP) is 3.47. The van der Waals surface area contributed by atoms with Crippen molar-refractivity contribution in [2.24, 2.45) is 5.92 Å². The Morgan fingerprint density at radius 1 is 1.53 bits per heavy atom. The van der Waals surface area contributed by atoms with Gasteiger partial charge < -0.3 is 5.11 Å². The zero-order valence-electron chi connectivity index (χ0n) is 11.5. The Morgan fingerprint density at radius 3 is 3.05 bits per heavy atom. The summed E-state index contributed by atoms with van der Waals surface area (Å²) in [6.45, 7) is 6.79. The number of likely N-dealkylation sites (tertiary alicyclic amines) is 1. The maximum absolute atomic E-state index is 10.5. The first-order valence-electron chi connectivity index (χ1n) is 6.80. The highest BCUT2D eigenvalue weighted by Gasteiger charge is 2.24. The smallest absolute Gasteiger partial charge is 0.328 e. The molecule has 1 aromatic heterocycles. The molecule has 1 fully saturated rings. The van der Waals surface area contributed by atoms with E-state index in [0.717, 1.165) is 17.3 Å². The van der Waals surface area contributed by atoms with Crippen LogP contribution < -0.4 is 0 Å². The summed E-state index contributed by atoms with van der Waals surface area (Å²) in [6, 6.07) is 4.74. The van der Waals surface area contributed by atoms with Crippen molar-refractivity contribution in [1.29, 1.82) is 0 Å². The van der Waals surface area contributed by atoms with Gasteiger partial charge in [-0.25, -0.2) is 4.79 Å². The zero-order chi connectivity index (χ0) is 13.8. The number of thiophene rings is 1. The summed E-state index contributed by atoms with van der Waals surface area (Å²) in [4.78, 5) is 15.3. The second-order valence-electron chi connectivity index (χ2n) is 5.31. The Labute approximate surface area is 118 Å². The first-order valence-corrected chi connectivity index (χ1v) is 7.61. The molecule has 2 heterocycles. The molecule has 2 rings (SSSR count). The van der Waals surface area contributed by atoms with Gasteiger partial charge in [0, 0.05) is 28.4 Å². The quantitative estimate of drug-likeness (QED) is 0.858. The van der Waals surface area contributed by atoms with Gasteiger partial charge in [-0.15, -0.1) is 11.3 Å². The lowest BCUT2D eigenvalue weighted by Gasteiger charge is -2.37. The van der Waals surface area contributed by atoms with Crippen molar-refractivity contribution in [3.05, 3.63) is 28.0 Å². The van der Waals surface area contributed by atoms with Gasteiger partial charge in [0.15, 0.2) is 0 Å². The van der Waals surface area contributed by atoms with Gasteiger partial charge in [0.05, 0.1) is 0 Å². The van der Waals surface area contributed by atoms with Crippen LogP contribution in [0.2, 0.25) is 0 Å². The number of carbonyl (C=O) groups is 1. The molecule has 0 amide bonds. The largest absolute Gasteiger partial charge is 0.478 e. The van der Waals surface area contributed by atoms with Crippen molar-refractivity contribution in [2.75, 3.05) is 6.54 Å². The van der Waals surface area contributed by atoms with Crippen molar-refractivity contribution in [2.45, 2.75) is 39.3 Å². The average molecular weight is 279 g/mol. The molecule has 0 aromatic carbocycles. The summed E-state index contributed by atoms with van der Waals surface area (Å²) in [5, 5.41) is 8.62. The molecule has 1 aliphatic heterocycles. The number of hydrogen-bond donors (Lipinski definition) is 1. The van der Waals surface area contributed by atoms with Crippen LogP contribution in [0, 0.1) is 5.92 Å². The number of carboxylic acids is 1. The van der Waals surface area contributed by atoms with E-state index in [0.29, 0.717) is 6.04 Å². The van der Waals surface area contributed by atoms with E-state index in [9.17, 15) is 4.79 Å². The zero-order valence-corrected chi connectivity index (χ0v) is 12.3. The number of rotatable bonds is 4. The molecule has 1 aromatic rings. The molecule has 1 N–H and O–H groups in total. The van der Waals surface area contributed by atoms with Crippen LogP contribution in [-0.4, -0.2) is 28.6 Å². The number of aliphatic carboxylic acids is 1. The molecule has 2 unspecified atom stereocenters. The summed E-state index contributed by atoms with van der Waals surface area (Å²) in [7, 11) is 0. The van der Waals surface area contributed by atoms with Gasteiger partial charge in [-0.2, -0.15) is 0 Å². The summed E-state index contributed by atoms with van der Waals surface area (Å²) < 4.78 is 0. The van der Waals surface area contributed by atoms with Crippen LogP contribution in [0.25, 0.3) is 6.08 Å². The van der Waals surface area contributed by atoms with Crippen molar-refractivity contribution in [1.82, 2.24) is 4.90 Å². The highest BCUT2D eigenvalue weighted by Crippen LogP contribution is 2.27. The number of piperidine rings is 1. The molecule has 4 heteroatoms. The molecule has 2 atom stereocenters. The standard InChI is InChI=1S/C15H21NO2S/c1-11-4-3-9-16(12(11)2)10-14-6-5-13(19-14)7-8-15(17)18/h5-8,11-12H,3-4,9-10H2,1-2H3,(H,17,18). The van der Waals surface area contributed by atoms with E-state index in [4.69, 9.17) is 5.11 Å². The maximum atomic E-state index is 10.5. The highest BCUT2D eigenvalue weighted by atomic mass is 32.1. The third-order valence-electron chi connectivity index (χ3n) is 3.94. The lowest BCUT2D eigenvalue weighted by molar-refractivity contribution is -0.131. The van der Waals surface area contributed by atoms with E-state index in [1.807, 2.05) is 6.07 Å². The van der Waals surface area contributed by atoms with Gasteiger partial charge in [0.1, 0.15) is 0 Å². The first-order chi connectivity index (χ1) is 9.06. The maximum Gasteiger partial charge on any atom is 0.328 e. The molecule has 1 aliphatic rings. The number of hydrogen-bond acceptors (Lipinski definition) is 3. The topological polar surface area (TPSA) is 40.5 Å². The van der Waals surface area contributed by atoms with Crippen molar-refractivity contribution in [3.8, 4) is 0 Å². The number of nitrogens with zero attached hydrogens (tertiary/aromatic N) is 1. The summed E-state index contributed by atoms with van der Waals surface area (Å²) in [6.07, 6.45) is 5.47. The fourth-order valence-corrected chi connectivity index (χ4v) is 3.51. The lowest BCUT2D eigenvalue weighted by Crippen LogP contribution is -2.41. The van der Waals surface area contributed by atoms with E-state index in [1.54, 1.807) is 17.4 Å². The van der Waals surface area contributed by atoms with Crippen molar-refractivity contribution >= 4 is 23.4 Å². The Kier molecular flexibility index (Phi) is 4.77. The summed E-state index contributed by atoms with van der Waals surface area (Å²) in [5.74, 6) is -0.131. The second kappa shape index (κ2) is 6.35. The third-order valence-corrected chi connectivity index (χ3v) is 4.97. The molecule has 0 radical (unpaired) electrons. The van der Waals surface area contributed by atoms with Crippen LogP contribution in [0.3, 0.4) is 0 Å². The predicted molar refractivity (Wildman–Crippen MR) is 79.3 cm³/mol. The fourth-order valence-electron chi connectivity index (χ4n) is 2.57. The van der Waals surface area contributed by atoms with Gasteiger partial charge in [-0.3, -0.25) is 4.90 Å². The molecule has 0 spiro atoms. The normalized spacial score (nSPS) is 24.9. The molecule has 1 saturated heterocycles. The Hall–Kier alpha value is -1.13. The third kappa shape index (κ3) is 3.91. The van der Waals surface area contributed by atoms with Gasteiger partial charge in [-0.1, -0.05) is 6.92 Å². The second-order valence-corrected chi connectivity index (χ2v) is 6.51. The van der Waals surface area contributed by atoms with Crippen LogP contribution in [0.4, 0.5) is 0 Å². The minimum atomic E-state index is -0.895. The Morgan fingerprint density at radius 2 is 2.32 bits per heavy atom. The van der Waals surface area contributed by atoms with E-state index >= 15 is 0 Å². The molecule has 104 valence electrons. The van der Waals surface area contributed by atoms with E-state index in [1.165, 1.54) is 30.3 Å². The van der Waals surface area contributed by atoms with E-state index in [2.05, 4.69) is 24.8 Å². The van der Waals surface area contributed by atoms with Gasteiger partial charge in [0.25, 0.3) is 0 Å². The van der Waals surface area contributed by atoms with Crippen molar-refractivity contribution < 1.29 is 9.90 Å². The minimum Gasteiger partial charge on any atom is -0.478 e. The van der Waals surface area contributed by atoms with Crippen LogP contribution in [-0.2, 0) is 11.3 Å². The molecule has 0 bridgehead atoms. The summed E-state index contributed by atoms with van der Waals surface area (Å²) >= 11 is 1.68. The van der Waals surface area contributed by atoms with Crippen LogP contribution >= 0.6 is 11.3 Å². The van der Waals surface area contributed by atoms with Crippen LogP contribution in [0.1, 0.15) is 36.4 Å². The Balaban J connectivity index is 1.97. The molecule has 0 aliphatic carbocycles. The monoisotopic (exact) mass is 279 g/mol. The molecular weight excluding hydrogens is 258 g/mol. The van der Waals surface area contributed by atoms with Crippen LogP contribution in [0.15, 0.2) is 18.2 Å². The molecule has 3 nitrogen and oxygen atoms in total. The van der Waals surface area contributed by atoms with Gasteiger partial charge in [-0.05, 0) is 50.4 Å². The van der Waals surface area contributed by atoms with E-state index in [-0.39, 0.29) is 0 Å². The lowest BCUT2D eigenvalue weighted by atomic mass is 9.92. The molecule has 0 saturated carbocycles. The molecular formula is C15H21NO2S.